The van der Waals surface area contributed by atoms with Gasteiger partial charge in [0, 0.05) is 38.3 Å². The quantitative estimate of drug-likeness (QED) is 0.542. The van der Waals surface area contributed by atoms with E-state index in [0.29, 0.717) is 31.0 Å². The maximum absolute atomic E-state index is 12.6. The number of benzene rings is 2. The molecule has 0 spiro atoms. The van der Waals surface area contributed by atoms with Gasteiger partial charge in [-0.2, -0.15) is 4.31 Å². The number of methoxy groups -OCH3 is 1. The van der Waals surface area contributed by atoms with Crippen LogP contribution in [-0.4, -0.2) is 81.6 Å². The fraction of sp³-hybridized carbons (Fsp3) is 0.391. The van der Waals surface area contributed by atoms with Gasteiger partial charge in [-0.1, -0.05) is 30.3 Å². The molecule has 0 radical (unpaired) electrons. The predicted molar refractivity (Wildman–Crippen MR) is 123 cm³/mol. The Hall–Kier alpha value is -2.95. The predicted octanol–water partition coefficient (Wildman–Crippen LogP) is 1.11. The van der Waals surface area contributed by atoms with Crippen LogP contribution in [0, 0.1) is 0 Å². The summed E-state index contributed by atoms with van der Waals surface area (Å²) in [7, 11) is -1.99. The maximum atomic E-state index is 12.6. The lowest BCUT2D eigenvalue weighted by Crippen LogP contribution is -2.57. The number of esters is 1. The van der Waals surface area contributed by atoms with Crippen molar-refractivity contribution in [3.63, 3.8) is 0 Å². The maximum Gasteiger partial charge on any atom is 0.324 e. The highest BCUT2D eigenvalue weighted by Gasteiger charge is 2.32. The zero-order chi connectivity index (χ0) is 23.8. The van der Waals surface area contributed by atoms with Gasteiger partial charge in [-0.15, -0.1) is 0 Å². The number of sulfonamides is 1. The van der Waals surface area contributed by atoms with Crippen molar-refractivity contribution < 1.29 is 27.5 Å². The molecule has 33 heavy (non-hydrogen) atoms. The summed E-state index contributed by atoms with van der Waals surface area (Å²) >= 11 is 0. The average Bonchev–Trinajstić information content (AvgIpc) is 2.83. The van der Waals surface area contributed by atoms with Crippen molar-refractivity contribution in [1.29, 1.82) is 0 Å². The number of nitrogens with one attached hydrogen (secondary N) is 1. The van der Waals surface area contributed by atoms with Crippen LogP contribution in [0.25, 0.3) is 0 Å². The number of hydrogen-bond donors (Lipinski definition) is 1. The van der Waals surface area contributed by atoms with E-state index in [1.165, 1.54) is 17.7 Å². The Kier molecular flexibility index (Phi) is 8.43. The number of ether oxygens (including phenoxy) is 2. The highest BCUT2D eigenvalue weighted by molar-refractivity contribution is 7.88. The van der Waals surface area contributed by atoms with Crippen LogP contribution in [0.1, 0.15) is 15.9 Å². The molecule has 0 aliphatic carbocycles. The van der Waals surface area contributed by atoms with Gasteiger partial charge in [0.05, 0.1) is 13.4 Å². The van der Waals surface area contributed by atoms with E-state index in [1.54, 1.807) is 24.3 Å². The van der Waals surface area contributed by atoms with E-state index in [9.17, 15) is 18.0 Å². The van der Waals surface area contributed by atoms with E-state index in [4.69, 9.17) is 9.47 Å². The second-order valence-electron chi connectivity index (χ2n) is 7.75. The van der Waals surface area contributed by atoms with Crippen LogP contribution in [0.15, 0.2) is 54.6 Å². The van der Waals surface area contributed by atoms with Crippen molar-refractivity contribution in [3.8, 4) is 5.75 Å². The molecule has 1 N–H and O–H groups in total. The minimum atomic E-state index is -3.28. The summed E-state index contributed by atoms with van der Waals surface area (Å²) in [4.78, 5) is 26.7. The summed E-state index contributed by atoms with van der Waals surface area (Å²) in [6.07, 6.45) is 1.17. The summed E-state index contributed by atoms with van der Waals surface area (Å²) in [5, 5.41) is 2.78. The van der Waals surface area contributed by atoms with Crippen LogP contribution in [0.5, 0.6) is 5.75 Å². The van der Waals surface area contributed by atoms with Crippen molar-refractivity contribution in [2.75, 3.05) is 46.1 Å². The average molecular weight is 476 g/mol. The number of carbonyl (C=O) groups is 2. The second-order valence-corrected chi connectivity index (χ2v) is 9.73. The fourth-order valence-corrected chi connectivity index (χ4v) is 4.41. The molecule has 0 aromatic heterocycles. The Bertz CT molecular complexity index is 1040. The standard InChI is InChI=1S/C23H29N3O6S/c1-31-23(28)21(25-12-14-26(15-13-25)33(2,29)30)16-24-22(27)19-8-10-20(11-9-19)32-17-18-6-4-3-5-7-18/h3-11,21H,12-17H2,1-2H3,(H,24,27). The first kappa shape index (κ1) is 24.7. The van der Waals surface area contributed by atoms with Crippen LogP contribution in [0.2, 0.25) is 0 Å². The molecule has 2 aromatic rings. The minimum absolute atomic E-state index is 0.0522. The molecule has 0 saturated carbocycles. The summed E-state index contributed by atoms with van der Waals surface area (Å²) in [6.45, 7) is 1.79. The molecule has 0 bridgehead atoms. The molecule has 1 atom stereocenters. The van der Waals surface area contributed by atoms with E-state index in [-0.39, 0.29) is 25.5 Å². The molecule has 1 saturated heterocycles. The van der Waals surface area contributed by atoms with E-state index in [2.05, 4.69) is 5.32 Å². The molecule has 1 aliphatic heterocycles. The molecule has 1 amide bonds. The Balaban J connectivity index is 1.54. The van der Waals surface area contributed by atoms with Crippen molar-refractivity contribution in [1.82, 2.24) is 14.5 Å². The first-order valence-electron chi connectivity index (χ1n) is 10.6. The molecule has 1 aliphatic rings. The van der Waals surface area contributed by atoms with Crippen molar-refractivity contribution in [2.45, 2.75) is 12.6 Å². The number of carbonyl (C=O) groups excluding carboxylic acids is 2. The molecule has 2 aromatic carbocycles. The Morgan fingerprint density at radius 2 is 1.64 bits per heavy atom. The number of rotatable bonds is 9. The zero-order valence-corrected chi connectivity index (χ0v) is 19.6. The molecular formula is C23H29N3O6S. The highest BCUT2D eigenvalue weighted by Crippen LogP contribution is 2.15. The van der Waals surface area contributed by atoms with Crippen LogP contribution in [0.3, 0.4) is 0 Å². The lowest BCUT2D eigenvalue weighted by molar-refractivity contribution is -0.147. The van der Waals surface area contributed by atoms with Crippen LogP contribution < -0.4 is 10.1 Å². The van der Waals surface area contributed by atoms with Crippen molar-refractivity contribution in [2.24, 2.45) is 0 Å². The molecule has 1 heterocycles. The van der Waals surface area contributed by atoms with Crippen LogP contribution in [-0.2, 0) is 26.2 Å². The molecular weight excluding hydrogens is 446 g/mol. The van der Waals surface area contributed by atoms with Crippen LogP contribution >= 0.6 is 0 Å². The number of piperazine rings is 1. The fourth-order valence-electron chi connectivity index (χ4n) is 3.58. The molecule has 10 heteroatoms. The van der Waals surface area contributed by atoms with E-state index in [0.717, 1.165) is 5.56 Å². The first-order chi connectivity index (χ1) is 15.8. The lowest BCUT2D eigenvalue weighted by Gasteiger charge is -2.37. The minimum Gasteiger partial charge on any atom is -0.489 e. The Morgan fingerprint density at radius 3 is 2.21 bits per heavy atom. The third-order valence-electron chi connectivity index (χ3n) is 5.48. The Labute approximate surface area is 194 Å². The van der Waals surface area contributed by atoms with Gasteiger partial charge in [0.2, 0.25) is 10.0 Å². The third-order valence-corrected chi connectivity index (χ3v) is 6.78. The molecule has 178 valence electrons. The largest absolute Gasteiger partial charge is 0.489 e. The van der Waals surface area contributed by atoms with Gasteiger partial charge < -0.3 is 14.8 Å². The van der Waals surface area contributed by atoms with Gasteiger partial charge in [-0.05, 0) is 29.8 Å². The van der Waals surface area contributed by atoms with Gasteiger partial charge in [0.15, 0.2) is 0 Å². The summed E-state index contributed by atoms with van der Waals surface area (Å²) < 4.78 is 35.4. The summed E-state index contributed by atoms with van der Waals surface area (Å²) in [6, 6.07) is 15.8. The molecule has 9 nitrogen and oxygen atoms in total. The highest BCUT2D eigenvalue weighted by atomic mass is 32.2. The summed E-state index contributed by atoms with van der Waals surface area (Å²) in [5.41, 5.74) is 1.48. The van der Waals surface area contributed by atoms with Crippen molar-refractivity contribution >= 4 is 21.9 Å². The third kappa shape index (κ3) is 7.01. The van der Waals surface area contributed by atoms with Gasteiger partial charge in [-0.25, -0.2) is 8.42 Å². The van der Waals surface area contributed by atoms with Gasteiger partial charge in [0.25, 0.3) is 5.91 Å². The van der Waals surface area contributed by atoms with E-state index in [1.807, 2.05) is 35.2 Å². The van der Waals surface area contributed by atoms with Crippen molar-refractivity contribution in [3.05, 3.63) is 65.7 Å². The van der Waals surface area contributed by atoms with Crippen LogP contribution in [0.4, 0.5) is 0 Å². The van der Waals surface area contributed by atoms with Gasteiger partial charge >= 0.3 is 5.97 Å². The number of nitrogens with zero attached hydrogens (tertiary/aromatic N) is 2. The lowest BCUT2D eigenvalue weighted by atomic mass is 10.1. The molecule has 1 fully saturated rings. The smallest absolute Gasteiger partial charge is 0.324 e. The zero-order valence-electron chi connectivity index (χ0n) is 18.8. The molecule has 1 unspecified atom stereocenters. The topological polar surface area (TPSA) is 105 Å². The SMILES string of the molecule is COC(=O)C(CNC(=O)c1ccc(OCc2ccccc2)cc1)N1CCN(S(C)(=O)=O)CC1. The van der Waals surface area contributed by atoms with Gasteiger partial charge in [-0.3, -0.25) is 14.5 Å². The summed E-state index contributed by atoms with van der Waals surface area (Å²) in [5.74, 6) is -0.160. The second kappa shape index (κ2) is 11.3. The van der Waals surface area contributed by atoms with E-state index >= 15 is 0 Å². The first-order valence-corrected chi connectivity index (χ1v) is 12.4. The number of hydrogen-bond acceptors (Lipinski definition) is 7. The monoisotopic (exact) mass is 475 g/mol. The molecule has 3 rings (SSSR count). The Morgan fingerprint density at radius 1 is 1.00 bits per heavy atom. The number of amides is 1. The van der Waals surface area contributed by atoms with E-state index < -0.39 is 22.0 Å². The van der Waals surface area contributed by atoms with Gasteiger partial charge in [0.1, 0.15) is 18.4 Å². The normalized spacial score (nSPS) is 16.1.